The van der Waals surface area contributed by atoms with Crippen LogP contribution in [0.25, 0.3) is 0 Å². The van der Waals surface area contributed by atoms with Gasteiger partial charge in [0.1, 0.15) is 11.9 Å². The molecular weight excluding hydrogens is 448 g/mol. The van der Waals surface area contributed by atoms with Crippen LogP contribution in [-0.4, -0.2) is 57.4 Å². The molecule has 1 aliphatic heterocycles. The lowest BCUT2D eigenvalue weighted by Gasteiger charge is -2.38. The van der Waals surface area contributed by atoms with E-state index in [0.29, 0.717) is 6.54 Å². The molecule has 2 unspecified atom stereocenters. The molecule has 1 N–H and O–H groups in total. The van der Waals surface area contributed by atoms with Crippen LogP contribution in [0.4, 0.5) is 4.39 Å². The second-order valence-electron chi connectivity index (χ2n) is 6.42. The quantitative estimate of drug-likeness (QED) is 0.281. The summed E-state index contributed by atoms with van der Waals surface area (Å²) in [5, 5.41) is 3.44. The second-order valence-corrected chi connectivity index (χ2v) is 6.42. The summed E-state index contributed by atoms with van der Waals surface area (Å²) in [4.78, 5) is 6.63. The van der Waals surface area contributed by atoms with Crippen molar-refractivity contribution in [2.24, 2.45) is 4.99 Å². The van der Waals surface area contributed by atoms with Gasteiger partial charge in [-0.25, -0.2) is 4.39 Å². The Morgan fingerprint density at radius 1 is 1.27 bits per heavy atom. The number of ether oxygens (including phenoxy) is 2. The van der Waals surface area contributed by atoms with Crippen molar-refractivity contribution in [3.8, 4) is 0 Å². The molecule has 0 amide bonds. The number of halogens is 2. The first kappa shape index (κ1) is 23.1. The van der Waals surface area contributed by atoms with E-state index in [-0.39, 0.29) is 42.0 Å². The van der Waals surface area contributed by atoms with Gasteiger partial charge in [0, 0.05) is 33.9 Å². The zero-order valence-electron chi connectivity index (χ0n) is 15.9. The largest absolute Gasteiger partial charge is 0.385 e. The predicted molar refractivity (Wildman–Crippen MR) is 114 cm³/mol. The first-order valence-corrected chi connectivity index (χ1v) is 8.99. The van der Waals surface area contributed by atoms with Gasteiger partial charge >= 0.3 is 0 Å². The summed E-state index contributed by atoms with van der Waals surface area (Å²) in [6.07, 6.45) is 3.31. The van der Waals surface area contributed by atoms with Crippen molar-refractivity contribution in [1.29, 1.82) is 0 Å². The third-order valence-corrected chi connectivity index (χ3v) is 4.32. The zero-order chi connectivity index (χ0) is 18.1. The Hall–Kier alpha value is -0.930. The summed E-state index contributed by atoms with van der Waals surface area (Å²) >= 11 is 0. The third-order valence-electron chi connectivity index (χ3n) is 4.32. The maximum absolute atomic E-state index is 13.2. The van der Waals surface area contributed by atoms with Crippen LogP contribution >= 0.6 is 24.0 Å². The highest BCUT2D eigenvalue weighted by Crippen LogP contribution is 2.25. The number of benzene rings is 1. The maximum atomic E-state index is 13.2. The summed E-state index contributed by atoms with van der Waals surface area (Å²) in [6, 6.07) is 6.55. The Morgan fingerprint density at radius 2 is 2.00 bits per heavy atom. The van der Waals surface area contributed by atoms with Crippen LogP contribution in [0.1, 0.15) is 37.9 Å². The Morgan fingerprint density at radius 3 is 2.65 bits per heavy atom. The molecule has 7 heteroatoms. The van der Waals surface area contributed by atoms with Crippen LogP contribution in [0, 0.1) is 5.82 Å². The van der Waals surface area contributed by atoms with Crippen molar-refractivity contribution >= 4 is 29.9 Å². The molecular formula is C19H31FIN3O2. The monoisotopic (exact) mass is 479 g/mol. The van der Waals surface area contributed by atoms with Crippen LogP contribution in [0.15, 0.2) is 29.3 Å². The van der Waals surface area contributed by atoms with Crippen LogP contribution in [0.5, 0.6) is 0 Å². The molecule has 2 atom stereocenters. The van der Waals surface area contributed by atoms with Crippen molar-refractivity contribution in [1.82, 2.24) is 10.2 Å². The number of methoxy groups -OCH3 is 1. The van der Waals surface area contributed by atoms with E-state index in [1.165, 1.54) is 12.1 Å². The molecule has 0 saturated carbocycles. The number of morpholine rings is 1. The van der Waals surface area contributed by atoms with E-state index in [4.69, 9.17) is 9.47 Å². The molecule has 2 rings (SSSR count). The summed E-state index contributed by atoms with van der Waals surface area (Å²) in [7, 11) is 3.54. The Kier molecular flexibility index (Phi) is 11.1. The minimum atomic E-state index is -0.226. The molecule has 1 saturated heterocycles. The van der Waals surface area contributed by atoms with E-state index in [2.05, 4.69) is 22.1 Å². The molecule has 0 spiro atoms. The molecule has 148 valence electrons. The summed E-state index contributed by atoms with van der Waals surface area (Å²) in [5.41, 5.74) is 0.993. The summed E-state index contributed by atoms with van der Waals surface area (Å²) in [6.45, 7) is 5.26. The van der Waals surface area contributed by atoms with Gasteiger partial charge in [-0.05, 0) is 43.9 Å². The number of nitrogens with one attached hydrogen (secondary N) is 1. The number of hydrogen-bond donors (Lipinski definition) is 1. The molecule has 1 aliphatic rings. The minimum Gasteiger partial charge on any atom is -0.385 e. The van der Waals surface area contributed by atoms with E-state index >= 15 is 0 Å². The van der Waals surface area contributed by atoms with Crippen LogP contribution in [0.3, 0.4) is 0 Å². The molecule has 5 nitrogen and oxygen atoms in total. The van der Waals surface area contributed by atoms with Crippen molar-refractivity contribution in [3.05, 3.63) is 35.6 Å². The third kappa shape index (κ3) is 7.36. The first-order chi connectivity index (χ1) is 12.1. The normalized spacial score (nSPS) is 20.6. The zero-order valence-corrected chi connectivity index (χ0v) is 18.2. The van der Waals surface area contributed by atoms with Crippen molar-refractivity contribution < 1.29 is 13.9 Å². The average molecular weight is 479 g/mol. The lowest BCUT2D eigenvalue weighted by Crippen LogP contribution is -2.50. The molecule has 0 aliphatic carbocycles. The second kappa shape index (κ2) is 12.5. The van der Waals surface area contributed by atoms with E-state index < -0.39 is 0 Å². The highest BCUT2D eigenvalue weighted by atomic mass is 127. The number of nitrogens with zero attached hydrogens (tertiary/aromatic N) is 2. The number of aliphatic imine (C=N–C) groups is 1. The maximum Gasteiger partial charge on any atom is 0.193 e. The number of rotatable bonds is 7. The average Bonchev–Trinajstić information content (AvgIpc) is 2.61. The van der Waals surface area contributed by atoms with Gasteiger partial charge in [-0.1, -0.05) is 12.1 Å². The fourth-order valence-corrected chi connectivity index (χ4v) is 3.07. The Bertz CT molecular complexity index is 542. The Balaban J connectivity index is 0.00000338. The van der Waals surface area contributed by atoms with Gasteiger partial charge in [0.05, 0.1) is 12.6 Å². The number of hydrogen-bond acceptors (Lipinski definition) is 3. The molecule has 1 heterocycles. The van der Waals surface area contributed by atoms with Crippen molar-refractivity contribution in [2.75, 3.05) is 40.4 Å². The molecule has 1 aromatic carbocycles. The van der Waals surface area contributed by atoms with Crippen LogP contribution in [-0.2, 0) is 9.47 Å². The standard InChI is InChI=1S/C19H30FN3O2.HI/c1-15-13-23(19(21-2)22-11-5-4-6-12-24-3)14-18(25-15)16-7-9-17(20)10-8-16;/h7-10,15,18H,4-6,11-14H2,1-3H3,(H,21,22);1H. The minimum absolute atomic E-state index is 0. The van der Waals surface area contributed by atoms with Gasteiger partial charge in [0.15, 0.2) is 5.96 Å². The molecule has 0 bridgehead atoms. The predicted octanol–water partition coefficient (Wildman–Crippen LogP) is 3.60. The Labute approximate surface area is 173 Å². The van der Waals surface area contributed by atoms with Gasteiger partial charge in [0.25, 0.3) is 0 Å². The number of guanidine groups is 1. The fraction of sp³-hybridized carbons (Fsp3) is 0.632. The van der Waals surface area contributed by atoms with Crippen molar-refractivity contribution in [2.45, 2.75) is 38.4 Å². The van der Waals surface area contributed by atoms with E-state index in [1.807, 2.05) is 0 Å². The van der Waals surface area contributed by atoms with Crippen LogP contribution in [0.2, 0.25) is 0 Å². The van der Waals surface area contributed by atoms with E-state index in [1.54, 1.807) is 26.3 Å². The fourth-order valence-electron chi connectivity index (χ4n) is 3.07. The highest BCUT2D eigenvalue weighted by molar-refractivity contribution is 14.0. The molecule has 0 radical (unpaired) electrons. The molecule has 26 heavy (non-hydrogen) atoms. The summed E-state index contributed by atoms with van der Waals surface area (Å²) in [5.74, 6) is 0.671. The molecule has 0 aromatic heterocycles. The molecule has 1 aromatic rings. The molecule has 1 fully saturated rings. The lowest BCUT2D eigenvalue weighted by atomic mass is 10.1. The van der Waals surface area contributed by atoms with Gasteiger partial charge in [-0.2, -0.15) is 0 Å². The SMILES string of the molecule is CN=C(NCCCCCOC)N1CC(C)OC(c2ccc(F)cc2)C1.I. The highest BCUT2D eigenvalue weighted by Gasteiger charge is 2.28. The lowest BCUT2D eigenvalue weighted by molar-refractivity contribution is -0.0605. The first-order valence-electron chi connectivity index (χ1n) is 8.99. The topological polar surface area (TPSA) is 46.1 Å². The van der Waals surface area contributed by atoms with Gasteiger partial charge < -0.3 is 19.7 Å². The smallest absolute Gasteiger partial charge is 0.193 e. The van der Waals surface area contributed by atoms with Gasteiger partial charge in [-0.3, -0.25) is 4.99 Å². The summed E-state index contributed by atoms with van der Waals surface area (Å²) < 4.78 is 24.3. The van der Waals surface area contributed by atoms with E-state index in [0.717, 1.165) is 50.5 Å². The van der Waals surface area contributed by atoms with Gasteiger partial charge in [-0.15, -0.1) is 24.0 Å². The van der Waals surface area contributed by atoms with Gasteiger partial charge in [0.2, 0.25) is 0 Å². The van der Waals surface area contributed by atoms with Crippen molar-refractivity contribution in [3.63, 3.8) is 0 Å². The van der Waals surface area contributed by atoms with E-state index in [9.17, 15) is 4.39 Å². The van der Waals surface area contributed by atoms with Crippen LogP contribution < -0.4 is 5.32 Å². The number of unbranched alkanes of at least 4 members (excludes halogenated alkanes) is 2.